The number of fused-ring (bicyclic) bond motifs is 2. The number of piperidine rings is 1. The number of methoxy groups -OCH3 is 1. The summed E-state index contributed by atoms with van der Waals surface area (Å²) in [6, 6.07) is 8.49. The molecular formula is C29H39F6N3O6. The number of carbonyl (C=O) groups is 3. The molecule has 1 aromatic carbocycles. The Balaban J connectivity index is 0.000000317. The first-order valence-corrected chi connectivity index (χ1v) is 14.4. The van der Waals surface area contributed by atoms with Crippen molar-refractivity contribution in [3.05, 3.63) is 29.8 Å². The Morgan fingerprint density at radius 1 is 0.864 bits per heavy atom. The van der Waals surface area contributed by atoms with Gasteiger partial charge in [0, 0.05) is 32.7 Å². The quantitative estimate of drug-likeness (QED) is 0.464. The Morgan fingerprint density at radius 2 is 1.36 bits per heavy atom. The Bertz CT molecular complexity index is 1120. The maximum Gasteiger partial charge on any atom is 0.490 e. The smallest absolute Gasteiger partial charge is 0.490 e. The number of carboxylic acid groups (broad SMARTS) is 2. The van der Waals surface area contributed by atoms with E-state index in [2.05, 4.69) is 46.0 Å². The summed E-state index contributed by atoms with van der Waals surface area (Å²) in [5.74, 6) is -3.55. The summed E-state index contributed by atoms with van der Waals surface area (Å²) < 4.78 is 68.8. The number of hydrogen-bond acceptors (Lipinski definition) is 6. The van der Waals surface area contributed by atoms with Crippen LogP contribution in [0.25, 0.3) is 0 Å². The van der Waals surface area contributed by atoms with Gasteiger partial charge < -0.3 is 24.7 Å². The number of alkyl halides is 6. The van der Waals surface area contributed by atoms with E-state index in [0.717, 1.165) is 58.0 Å². The molecular weight excluding hydrogens is 600 g/mol. The summed E-state index contributed by atoms with van der Waals surface area (Å²) in [4.78, 5) is 38.7. The molecule has 0 aromatic heterocycles. The van der Waals surface area contributed by atoms with Gasteiger partial charge in [-0.05, 0) is 87.7 Å². The summed E-state index contributed by atoms with van der Waals surface area (Å²) in [5, 5.41) is 14.2. The molecule has 0 radical (unpaired) electrons. The summed E-state index contributed by atoms with van der Waals surface area (Å²) in [6.45, 7) is 7.38. The fourth-order valence-corrected chi connectivity index (χ4v) is 7.12. The van der Waals surface area contributed by atoms with Gasteiger partial charge >= 0.3 is 24.3 Å². The van der Waals surface area contributed by atoms with Crippen molar-refractivity contribution in [2.24, 2.45) is 16.7 Å². The zero-order valence-electron chi connectivity index (χ0n) is 24.7. The fourth-order valence-electron chi connectivity index (χ4n) is 7.12. The number of nitrogens with zero attached hydrogens (tertiary/aromatic N) is 3. The summed E-state index contributed by atoms with van der Waals surface area (Å²) in [7, 11) is 3.94. The zero-order chi connectivity index (χ0) is 32.9. The van der Waals surface area contributed by atoms with E-state index in [1.807, 2.05) is 0 Å². The molecule has 3 heterocycles. The molecule has 1 spiro atoms. The molecule has 3 saturated heterocycles. The maximum absolute atomic E-state index is 13.7. The van der Waals surface area contributed by atoms with Gasteiger partial charge in [-0.15, -0.1) is 0 Å². The van der Waals surface area contributed by atoms with Crippen LogP contribution in [0.2, 0.25) is 0 Å². The third-order valence-electron chi connectivity index (χ3n) is 9.24. The van der Waals surface area contributed by atoms with E-state index in [-0.39, 0.29) is 5.41 Å². The highest BCUT2D eigenvalue weighted by Crippen LogP contribution is 2.62. The van der Waals surface area contributed by atoms with E-state index in [1.54, 1.807) is 7.11 Å². The predicted octanol–water partition coefficient (Wildman–Crippen LogP) is 4.51. The topological polar surface area (TPSA) is 111 Å². The molecule has 0 bridgehead atoms. The van der Waals surface area contributed by atoms with Crippen LogP contribution in [0.5, 0.6) is 5.75 Å². The number of carboxylic acids is 2. The van der Waals surface area contributed by atoms with Gasteiger partial charge in [0.05, 0.1) is 12.5 Å². The van der Waals surface area contributed by atoms with Crippen molar-refractivity contribution in [3.8, 4) is 5.75 Å². The van der Waals surface area contributed by atoms with Crippen LogP contribution in [0.3, 0.4) is 0 Å². The molecule has 1 aliphatic carbocycles. The minimum absolute atomic E-state index is 0.1000. The number of carbonyl (C=O) groups excluding carboxylic acids is 1. The summed E-state index contributed by atoms with van der Waals surface area (Å²) >= 11 is 0. The van der Waals surface area contributed by atoms with Crippen LogP contribution in [-0.4, -0.2) is 109 Å². The van der Waals surface area contributed by atoms with Gasteiger partial charge in [-0.3, -0.25) is 9.69 Å². The number of aliphatic carboxylic acids is 2. The van der Waals surface area contributed by atoms with Crippen molar-refractivity contribution in [1.82, 2.24) is 14.7 Å². The van der Waals surface area contributed by atoms with E-state index in [4.69, 9.17) is 24.5 Å². The van der Waals surface area contributed by atoms with E-state index < -0.39 is 24.3 Å². The van der Waals surface area contributed by atoms with Crippen LogP contribution >= 0.6 is 0 Å². The van der Waals surface area contributed by atoms with E-state index in [1.165, 1.54) is 37.7 Å². The Hall–Kier alpha value is -3.07. The number of rotatable bonds is 4. The van der Waals surface area contributed by atoms with Crippen LogP contribution < -0.4 is 4.74 Å². The van der Waals surface area contributed by atoms with Gasteiger partial charge in [0.2, 0.25) is 5.91 Å². The standard InChI is InChI=1S/C25H37N3O2.2C2HF3O2/c1-26-18-22-24(9-10-25(22,19-26)23(29)28-13-3-4-14-28)11-15-27(16-12-24)17-20-5-7-21(30-2)8-6-20;2*3-2(4,5)1(6)7/h5-8,22H,3-4,9-19H2,1-2H3;2*(H,6,7)/t22-,25+;;/m0../s1. The Morgan fingerprint density at radius 3 is 1.82 bits per heavy atom. The van der Waals surface area contributed by atoms with Gasteiger partial charge in [-0.1, -0.05) is 12.1 Å². The number of benzene rings is 1. The molecule has 4 fully saturated rings. The molecule has 1 aromatic rings. The number of likely N-dealkylation sites (tertiary alicyclic amines) is 3. The van der Waals surface area contributed by atoms with Crippen LogP contribution in [0, 0.1) is 16.7 Å². The molecule has 3 aliphatic heterocycles. The maximum atomic E-state index is 13.7. The van der Waals surface area contributed by atoms with Crippen molar-refractivity contribution in [2.45, 2.75) is 57.4 Å². The second-order valence-corrected chi connectivity index (χ2v) is 12.0. The van der Waals surface area contributed by atoms with Crippen molar-refractivity contribution in [1.29, 1.82) is 0 Å². The zero-order valence-corrected chi connectivity index (χ0v) is 24.7. The lowest BCUT2D eigenvalue weighted by Gasteiger charge is -2.45. The summed E-state index contributed by atoms with van der Waals surface area (Å²) in [5.41, 5.74) is 1.63. The van der Waals surface area contributed by atoms with Crippen molar-refractivity contribution in [3.63, 3.8) is 0 Å². The van der Waals surface area contributed by atoms with Gasteiger partial charge in [0.1, 0.15) is 5.75 Å². The first kappa shape index (κ1) is 35.4. The van der Waals surface area contributed by atoms with Crippen LogP contribution in [-0.2, 0) is 20.9 Å². The number of halogens is 6. The monoisotopic (exact) mass is 639 g/mol. The molecule has 44 heavy (non-hydrogen) atoms. The van der Waals surface area contributed by atoms with Crippen LogP contribution in [0.15, 0.2) is 24.3 Å². The lowest BCUT2D eigenvalue weighted by molar-refractivity contribution is -0.193. The van der Waals surface area contributed by atoms with Crippen molar-refractivity contribution in [2.75, 3.05) is 53.4 Å². The second-order valence-electron chi connectivity index (χ2n) is 12.0. The lowest BCUT2D eigenvalue weighted by Crippen LogP contribution is -2.49. The molecule has 1 amide bonds. The van der Waals surface area contributed by atoms with E-state index in [0.29, 0.717) is 17.2 Å². The average molecular weight is 640 g/mol. The van der Waals surface area contributed by atoms with Gasteiger partial charge in [-0.2, -0.15) is 26.3 Å². The molecule has 2 atom stereocenters. The normalized spacial score (nSPS) is 25.0. The Kier molecular flexibility index (Phi) is 11.2. The number of hydrogen-bond donors (Lipinski definition) is 2. The van der Waals surface area contributed by atoms with Crippen molar-refractivity contribution >= 4 is 17.8 Å². The minimum atomic E-state index is -5.08. The SMILES string of the molecule is COc1ccc(CN2CCC3(CC2)CC[C@@]2(C(=O)N4CCCC4)CN(C)C[C@@H]32)cc1.O=C(O)C(F)(F)F.O=C(O)C(F)(F)F. The number of ether oxygens (including phenoxy) is 1. The third kappa shape index (κ3) is 8.34. The molecule has 4 aliphatic rings. The van der Waals surface area contributed by atoms with Gasteiger partial charge in [0.15, 0.2) is 0 Å². The van der Waals surface area contributed by atoms with Crippen LogP contribution in [0.4, 0.5) is 26.3 Å². The first-order valence-electron chi connectivity index (χ1n) is 14.4. The van der Waals surface area contributed by atoms with Crippen LogP contribution in [0.1, 0.15) is 44.1 Å². The molecule has 2 N–H and O–H groups in total. The molecule has 15 heteroatoms. The largest absolute Gasteiger partial charge is 0.497 e. The number of amides is 1. The Labute approximate surface area is 251 Å². The molecule has 1 saturated carbocycles. The van der Waals surface area contributed by atoms with E-state index in [9.17, 15) is 31.1 Å². The molecule has 9 nitrogen and oxygen atoms in total. The highest BCUT2D eigenvalue weighted by Gasteiger charge is 2.64. The average Bonchev–Trinajstić information content (AvgIpc) is 3.67. The van der Waals surface area contributed by atoms with E-state index >= 15 is 0 Å². The fraction of sp³-hybridized carbons (Fsp3) is 0.690. The third-order valence-corrected chi connectivity index (χ3v) is 9.24. The minimum Gasteiger partial charge on any atom is -0.497 e. The lowest BCUT2D eigenvalue weighted by atomic mass is 9.65. The van der Waals surface area contributed by atoms with Gasteiger partial charge in [0.25, 0.3) is 0 Å². The second kappa shape index (κ2) is 13.9. The summed E-state index contributed by atoms with van der Waals surface area (Å²) in [6.07, 6.45) is -2.94. The van der Waals surface area contributed by atoms with Crippen molar-refractivity contribution < 1.29 is 55.7 Å². The van der Waals surface area contributed by atoms with Gasteiger partial charge in [-0.25, -0.2) is 9.59 Å². The molecule has 0 unspecified atom stereocenters. The molecule has 5 rings (SSSR count). The highest BCUT2D eigenvalue weighted by molar-refractivity contribution is 5.84. The predicted molar refractivity (Wildman–Crippen MR) is 146 cm³/mol. The molecule has 248 valence electrons. The first-order chi connectivity index (χ1) is 20.4. The highest BCUT2D eigenvalue weighted by atomic mass is 19.4.